The Balaban J connectivity index is 1.66. The maximum atomic E-state index is 12.7. The molecule has 1 saturated heterocycles. The molecule has 2 aromatic rings. The van der Waals surface area contributed by atoms with E-state index in [-0.39, 0.29) is 24.6 Å². The molecule has 0 spiro atoms. The standard InChI is InChI=1S/C21H26N6O4/c28-13-8-22-20(30)18(7-6-16-4-2-1-3-5-16)26-9-11-27(12-10-26)21-23-14-17(15-24-21)19(29)25-31/h1-7,14-15,18,28,31H,8-13H2,(H,22,30)(H,25,29). The van der Waals surface area contributed by atoms with E-state index in [1.54, 1.807) is 5.48 Å². The Kier molecular flexibility index (Phi) is 8.05. The van der Waals surface area contributed by atoms with Gasteiger partial charge in [0.05, 0.1) is 12.2 Å². The van der Waals surface area contributed by atoms with E-state index in [1.165, 1.54) is 12.4 Å². The van der Waals surface area contributed by atoms with Gasteiger partial charge < -0.3 is 15.3 Å². The molecule has 0 bridgehead atoms. The fourth-order valence-corrected chi connectivity index (χ4v) is 3.29. The fraction of sp³-hybridized carbons (Fsp3) is 0.333. The molecule has 10 nitrogen and oxygen atoms in total. The average Bonchev–Trinajstić information content (AvgIpc) is 2.83. The highest BCUT2D eigenvalue weighted by Gasteiger charge is 2.28. The van der Waals surface area contributed by atoms with Gasteiger partial charge in [0.1, 0.15) is 6.04 Å². The number of benzene rings is 1. The number of anilines is 1. The first kappa shape index (κ1) is 22.3. The van der Waals surface area contributed by atoms with Gasteiger partial charge in [0.2, 0.25) is 11.9 Å². The summed E-state index contributed by atoms with van der Waals surface area (Å²) in [5.41, 5.74) is 2.71. The van der Waals surface area contributed by atoms with Crippen molar-refractivity contribution in [2.45, 2.75) is 6.04 Å². The summed E-state index contributed by atoms with van der Waals surface area (Å²) in [7, 11) is 0. The highest BCUT2D eigenvalue weighted by molar-refractivity contribution is 5.92. The highest BCUT2D eigenvalue weighted by Crippen LogP contribution is 2.15. The van der Waals surface area contributed by atoms with Gasteiger partial charge in [-0.2, -0.15) is 0 Å². The van der Waals surface area contributed by atoms with Crippen molar-refractivity contribution in [1.29, 1.82) is 0 Å². The largest absolute Gasteiger partial charge is 0.395 e. The molecule has 0 aliphatic carbocycles. The number of aliphatic hydroxyl groups is 1. The molecule has 3 rings (SSSR count). The van der Waals surface area contributed by atoms with Crippen LogP contribution in [0, 0.1) is 0 Å². The van der Waals surface area contributed by atoms with E-state index in [2.05, 4.69) is 20.2 Å². The third-order valence-electron chi connectivity index (χ3n) is 4.94. The van der Waals surface area contributed by atoms with Crippen LogP contribution in [0.3, 0.4) is 0 Å². The van der Waals surface area contributed by atoms with Crippen LogP contribution in [0.5, 0.6) is 0 Å². The molecule has 10 heteroatoms. The van der Waals surface area contributed by atoms with Gasteiger partial charge >= 0.3 is 0 Å². The van der Waals surface area contributed by atoms with Gasteiger partial charge in [-0.05, 0) is 5.56 Å². The number of hydroxylamine groups is 1. The van der Waals surface area contributed by atoms with E-state index in [4.69, 9.17) is 10.3 Å². The molecule has 1 aliphatic heterocycles. The summed E-state index contributed by atoms with van der Waals surface area (Å²) < 4.78 is 0. The molecule has 1 aliphatic rings. The summed E-state index contributed by atoms with van der Waals surface area (Å²) in [6, 6.07) is 9.28. The lowest BCUT2D eigenvalue weighted by atomic mass is 10.1. The second-order valence-corrected chi connectivity index (χ2v) is 6.96. The summed E-state index contributed by atoms with van der Waals surface area (Å²) in [6.45, 7) is 2.52. The lowest BCUT2D eigenvalue weighted by molar-refractivity contribution is -0.125. The predicted octanol–water partition coefficient (Wildman–Crippen LogP) is -0.0919. The second-order valence-electron chi connectivity index (χ2n) is 6.96. The molecule has 1 atom stereocenters. The Morgan fingerprint density at radius 3 is 2.39 bits per heavy atom. The number of carbonyl (C=O) groups excluding carboxylic acids is 2. The van der Waals surface area contributed by atoms with Gasteiger partial charge in [-0.15, -0.1) is 0 Å². The number of hydrogen-bond donors (Lipinski definition) is 4. The van der Waals surface area contributed by atoms with Crippen LogP contribution in [0.25, 0.3) is 6.08 Å². The van der Waals surface area contributed by atoms with Gasteiger partial charge in [-0.1, -0.05) is 42.5 Å². The van der Waals surface area contributed by atoms with Crippen LogP contribution in [0.1, 0.15) is 15.9 Å². The zero-order valence-corrected chi connectivity index (χ0v) is 17.0. The zero-order chi connectivity index (χ0) is 22.1. The molecular weight excluding hydrogens is 400 g/mol. The monoisotopic (exact) mass is 426 g/mol. The number of nitrogens with zero attached hydrogens (tertiary/aromatic N) is 4. The first-order valence-corrected chi connectivity index (χ1v) is 9.99. The summed E-state index contributed by atoms with van der Waals surface area (Å²) in [6.07, 6.45) is 6.50. The zero-order valence-electron chi connectivity index (χ0n) is 17.0. The van der Waals surface area contributed by atoms with Crippen LogP contribution < -0.4 is 15.7 Å². The minimum absolute atomic E-state index is 0.115. The first-order valence-electron chi connectivity index (χ1n) is 9.99. The third-order valence-corrected chi connectivity index (χ3v) is 4.94. The van der Waals surface area contributed by atoms with Crippen LogP contribution in [0.2, 0.25) is 0 Å². The van der Waals surface area contributed by atoms with Crippen LogP contribution in [-0.4, -0.2) is 82.4 Å². The SMILES string of the molecule is O=C(NO)c1cnc(N2CCN(C(C=Cc3ccccc3)C(=O)NCCO)CC2)nc1. The number of hydrogen-bond acceptors (Lipinski definition) is 8. The van der Waals surface area contributed by atoms with Crippen molar-refractivity contribution in [3.05, 3.63) is 59.9 Å². The third kappa shape index (κ3) is 6.07. The Hall–Kier alpha value is -3.34. The van der Waals surface area contributed by atoms with Crippen molar-refractivity contribution in [3.8, 4) is 0 Å². The molecular formula is C21H26N6O4. The average molecular weight is 426 g/mol. The Morgan fingerprint density at radius 2 is 1.77 bits per heavy atom. The Morgan fingerprint density at radius 1 is 1.10 bits per heavy atom. The van der Waals surface area contributed by atoms with E-state index in [0.717, 1.165) is 5.56 Å². The normalized spacial score (nSPS) is 15.6. The number of aromatic nitrogens is 2. The van der Waals surface area contributed by atoms with Crippen LogP contribution in [0.15, 0.2) is 48.8 Å². The summed E-state index contributed by atoms with van der Waals surface area (Å²) in [4.78, 5) is 36.5. The van der Waals surface area contributed by atoms with Gasteiger partial charge in [-0.3, -0.25) is 19.7 Å². The van der Waals surface area contributed by atoms with E-state index in [0.29, 0.717) is 32.1 Å². The molecule has 1 aromatic heterocycles. The van der Waals surface area contributed by atoms with Crippen molar-refractivity contribution in [2.24, 2.45) is 0 Å². The number of rotatable bonds is 8. The maximum Gasteiger partial charge on any atom is 0.277 e. The number of carbonyl (C=O) groups is 2. The number of aliphatic hydroxyl groups excluding tert-OH is 1. The summed E-state index contributed by atoms with van der Waals surface area (Å²) in [5, 5.41) is 20.5. The van der Waals surface area contributed by atoms with Gasteiger partial charge in [0.15, 0.2) is 0 Å². The molecule has 4 N–H and O–H groups in total. The second kappa shape index (κ2) is 11.2. The van der Waals surface area contributed by atoms with Crippen molar-refractivity contribution in [2.75, 3.05) is 44.2 Å². The highest BCUT2D eigenvalue weighted by atomic mass is 16.5. The summed E-state index contributed by atoms with van der Waals surface area (Å²) in [5.74, 6) is -0.348. The lowest BCUT2D eigenvalue weighted by Gasteiger charge is -2.37. The first-order chi connectivity index (χ1) is 15.1. The molecule has 1 aromatic carbocycles. The molecule has 164 valence electrons. The predicted molar refractivity (Wildman–Crippen MR) is 114 cm³/mol. The molecule has 2 heterocycles. The van der Waals surface area contributed by atoms with E-state index in [1.807, 2.05) is 47.4 Å². The minimum atomic E-state index is -0.668. The van der Waals surface area contributed by atoms with Gasteiger partial charge in [-0.25, -0.2) is 15.4 Å². The number of amides is 2. The molecule has 1 unspecified atom stereocenters. The fourth-order valence-electron chi connectivity index (χ4n) is 3.29. The van der Waals surface area contributed by atoms with Crippen molar-refractivity contribution < 1.29 is 19.9 Å². The van der Waals surface area contributed by atoms with Crippen LogP contribution in [0.4, 0.5) is 5.95 Å². The topological polar surface area (TPSA) is 131 Å². The number of nitrogens with one attached hydrogen (secondary N) is 2. The van der Waals surface area contributed by atoms with E-state index < -0.39 is 11.9 Å². The number of piperazine rings is 1. The van der Waals surface area contributed by atoms with Crippen molar-refractivity contribution in [1.82, 2.24) is 25.7 Å². The van der Waals surface area contributed by atoms with Gasteiger partial charge in [0.25, 0.3) is 5.91 Å². The molecule has 2 amide bonds. The lowest BCUT2D eigenvalue weighted by Crippen LogP contribution is -2.54. The minimum Gasteiger partial charge on any atom is -0.395 e. The Bertz CT molecular complexity index is 883. The van der Waals surface area contributed by atoms with E-state index in [9.17, 15) is 9.59 Å². The van der Waals surface area contributed by atoms with Crippen LogP contribution in [-0.2, 0) is 4.79 Å². The summed E-state index contributed by atoms with van der Waals surface area (Å²) >= 11 is 0. The smallest absolute Gasteiger partial charge is 0.277 e. The molecule has 0 saturated carbocycles. The Labute approximate surface area is 180 Å². The van der Waals surface area contributed by atoms with Crippen LogP contribution >= 0.6 is 0 Å². The van der Waals surface area contributed by atoms with Crippen molar-refractivity contribution >= 4 is 23.8 Å². The molecule has 31 heavy (non-hydrogen) atoms. The maximum absolute atomic E-state index is 12.7. The quantitative estimate of drug-likeness (QED) is 0.340. The van der Waals surface area contributed by atoms with Crippen molar-refractivity contribution in [3.63, 3.8) is 0 Å². The van der Waals surface area contributed by atoms with E-state index >= 15 is 0 Å². The van der Waals surface area contributed by atoms with Gasteiger partial charge in [0, 0.05) is 45.1 Å². The molecule has 0 radical (unpaired) electrons. The molecule has 1 fully saturated rings.